The van der Waals surface area contributed by atoms with Crippen molar-refractivity contribution in [3.63, 3.8) is 0 Å². The second-order valence-electron chi connectivity index (χ2n) is 6.39. The third-order valence-corrected chi connectivity index (χ3v) is 4.66. The molecule has 0 unspecified atom stereocenters. The maximum Gasteiger partial charge on any atom is 0.336 e. The van der Waals surface area contributed by atoms with Crippen molar-refractivity contribution in [2.45, 2.75) is 26.7 Å². The number of para-hydroxylation sites is 1. The normalized spacial score (nSPS) is 11.4. The Labute approximate surface area is 144 Å². The van der Waals surface area contributed by atoms with E-state index >= 15 is 0 Å². The Morgan fingerprint density at radius 3 is 2.72 bits per heavy atom. The highest BCUT2D eigenvalue weighted by molar-refractivity contribution is 5.94. The molecule has 2 N–H and O–H groups in total. The summed E-state index contributed by atoms with van der Waals surface area (Å²) in [4.78, 5) is 15.2. The first-order valence-electron chi connectivity index (χ1n) is 8.46. The molecular formula is C21H19NO3. The maximum atomic E-state index is 11.9. The lowest BCUT2D eigenvalue weighted by Crippen LogP contribution is -2.02. The number of hydrogen-bond donors (Lipinski definition) is 2. The molecule has 0 fully saturated rings. The molecule has 2 heterocycles. The Kier molecular flexibility index (Phi) is 3.61. The minimum Gasteiger partial charge on any atom is -0.507 e. The average Bonchev–Trinajstić information content (AvgIpc) is 3.02. The molecule has 2 aromatic carbocycles. The molecule has 2 aromatic heterocycles. The van der Waals surface area contributed by atoms with Gasteiger partial charge in [0.1, 0.15) is 11.3 Å². The van der Waals surface area contributed by atoms with Crippen LogP contribution in [0.2, 0.25) is 0 Å². The van der Waals surface area contributed by atoms with Crippen LogP contribution in [0.3, 0.4) is 0 Å². The van der Waals surface area contributed by atoms with Crippen LogP contribution < -0.4 is 5.63 Å². The molecule has 0 aliphatic heterocycles. The van der Waals surface area contributed by atoms with Crippen LogP contribution in [-0.2, 0) is 6.42 Å². The molecule has 0 radical (unpaired) electrons. The predicted octanol–water partition coefficient (Wildman–Crippen LogP) is 4.91. The van der Waals surface area contributed by atoms with Crippen LogP contribution >= 0.6 is 0 Å². The summed E-state index contributed by atoms with van der Waals surface area (Å²) in [5, 5.41) is 12.7. The third-order valence-electron chi connectivity index (χ3n) is 4.66. The number of hydrogen-bond acceptors (Lipinski definition) is 3. The van der Waals surface area contributed by atoms with E-state index in [1.807, 2.05) is 36.4 Å². The van der Waals surface area contributed by atoms with Crippen molar-refractivity contribution in [1.29, 1.82) is 0 Å². The first kappa shape index (κ1) is 15.5. The first-order chi connectivity index (χ1) is 12.1. The van der Waals surface area contributed by atoms with E-state index in [0.29, 0.717) is 16.7 Å². The number of aromatic nitrogens is 1. The van der Waals surface area contributed by atoms with Gasteiger partial charge in [-0.1, -0.05) is 31.5 Å². The van der Waals surface area contributed by atoms with Crippen molar-refractivity contribution in [2.24, 2.45) is 0 Å². The molecule has 126 valence electrons. The average molecular weight is 333 g/mol. The molecule has 0 saturated heterocycles. The van der Waals surface area contributed by atoms with Crippen LogP contribution in [0.4, 0.5) is 0 Å². The summed E-state index contributed by atoms with van der Waals surface area (Å²) in [7, 11) is 0. The monoisotopic (exact) mass is 333 g/mol. The number of benzene rings is 2. The lowest BCUT2D eigenvalue weighted by Gasteiger charge is -2.11. The number of phenols is 1. The fraction of sp³-hybridized carbons (Fsp3) is 0.190. The molecule has 0 bridgehead atoms. The van der Waals surface area contributed by atoms with Crippen LogP contribution in [0.25, 0.3) is 33.1 Å². The van der Waals surface area contributed by atoms with E-state index in [4.69, 9.17) is 4.42 Å². The van der Waals surface area contributed by atoms with Gasteiger partial charge in [-0.15, -0.1) is 0 Å². The number of aromatic hydroxyl groups is 1. The van der Waals surface area contributed by atoms with Crippen molar-refractivity contribution < 1.29 is 9.52 Å². The molecule has 25 heavy (non-hydrogen) atoms. The Morgan fingerprint density at radius 1 is 1.16 bits per heavy atom. The zero-order valence-corrected chi connectivity index (χ0v) is 14.2. The molecule has 0 spiro atoms. The van der Waals surface area contributed by atoms with Gasteiger partial charge < -0.3 is 14.5 Å². The molecule has 4 rings (SSSR count). The van der Waals surface area contributed by atoms with Crippen LogP contribution in [0, 0.1) is 6.92 Å². The van der Waals surface area contributed by atoms with Gasteiger partial charge in [-0.25, -0.2) is 4.79 Å². The molecule has 0 amide bonds. The van der Waals surface area contributed by atoms with Crippen LogP contribution in [0.15, 0.2) is 51.7 Å². The summed E-state index contributed by atoms with van der Waals surface area (Å²) in [6.07, 6.45) is 1.72. The van der Waals surface area contributed by atoms with E-state index in [9.17, 15) is 9.90 Å². The number of H-pyrrole nitrogens is 1. The standard InChI is InChI=1S/C21H19NO3/c1-3-6-13-10-19(23)25-21-12(2)20(24)16(11-15(13)21)18-9-14-7-4-5-8-17(14)22-18/h4-5,7-11,22,24H,3,6H2,1-2H3. The molecular weight excluding hydrogens is 314 g/mol. The molecule has 0 atom stereocenters. The van der Waals surface area contributed by atoms with Gasteiger partial charge >= 0.3 is 5.63 Å². The summed E-state index contributed by atoms with van der Waals surface area (Å²) in [5.74, 6) is 0.135. The summed E-state index contributed by atoms with van der Waals surface area (Å²) in [5.41, 5.74) is 4.20. The Balaban J connectivity index is 2.04. The highest BCUT2D eigenvalue weighted by Gasteiger charge is 2.17. The number of phenolic OH excluding ortho intramolecular Hbond substituents is 1. The van der Waals surface area contributed by atoms with E-state index in [-0.39, 0.29) is 11.4 Å². The van der Waals surface area contributed by atoms with Gasteiger partial charge in [0, 0.05) is 33.5 Å². The van der Waals surface area contributed by atoms with Gasteiger partial charge in [0.15, 0.2) is 0 Å². The van der Waals surface area contributed by atoms with E-state index in [1.165, 1.54) is 0 Å². The van der Waals surface area contributed by atoms with Gasteiger partial charge in [0.25, 0.3) is 0 Å². The van der Waals surface area contributed by atoms with Crippen LogP contribution in [0.5, 0.6) is 5.75 Å². The van der Waals surface area contributed by atoms with Crippen LogP contribution in [0.1, 0.15) is 24.5 Å². The minimum absolute atomic E-state index is 0.135. The van der Waals surface area contributed by atoms with E-state index in [0.717, 1.165) is 40.4 Å². The molecule has 0 saturated carbocycles. The van der Waals surface area contributed by atoms with Crippen molar-refractivity contribution in [1.82, 2.24) is 4.98 Å². The second kappa shape index (κ2) is 5.81. The fourth-order valence-corrected chi connectivity index (χ4v) is 3.41. The van der Waals surface area contributed by atoms with Crippen molar-refractivity contribution in [3.05, 3.63) is 64.0 Å². The van der Waals surface area contributed by atoms with Gasteiger partial charge in [-0.05, 0) is 37.1 Å². The minimum atomic E-state index is -0.378. The van der Waals surface area contributed by atoms with Gasteiger partial charge in [-0.2, -0.15) is 0 Å². The highest BCUT2D eigenvalue weighted by Crippen LogP contribution is 2.38. The predicted molar refractivity (Wildman–Crippen MR) is 100 cm³/mol. The number of rotatable bonds is 3. The molecule has 4 nitrogen and oxygen atoms in total. The lowest BCUT2D eigenvalue weighted by molar-refractivity contribution is 0.470. The van der Waals surface area contributed by atoms with Crippen molar-refractivity contribution in [2.75, 3.05) is 0 Å². The summed E-state index contributed by atoms with van der Waals surface area (Å²) in [6, 6.07) is 13.5. The molecule has 0 aliphatic carbocycles. The summed E-state index contributed by atoms with van der Waals surface area (Å²) in [6.45, 7) is 3.86. The summed E-state index contributed by atoms with van der Waals surface area (Å²) < 4.78 is 5.38. The van der Waals surface area contributed by atoms with Gasteiger partial charge in [0.05, 0.1) is 5.69 Å². The lowest BCUT2D eigenvalue weighted by atomic mass is 9.98. The molecule has 4 aromatic rings. The fourth-order valence-electron chi connectivity index (χ4n) is 3.41. The molecule has 0 aliphatic rings. The SMILES string of the molecule is CCCc1cc(=O)oc2c(C)c(O)c(-c3cc4ccccc4[nH]3)cc12. The Morgan fingerprint density at radius 2 is 1.96 bits per heavy atom. The van der Waals surface area contributed by atoms with Gasteiger partial charge in [0.2, 0.25) is 0 Å². The van der Waals surface area contributed by atoms with E-state index in [2.05, 4.69) is 11.9 Å². The number of aryl methyl sites for hydroxylation is 2. The van der Waals surface area contributed by atoms with Gasteiger partial charge in [-0.3, -0.25) is 0 Å². The smallest absolute Gasteiger partial charge is 0.336 e. The Bertz CT molecular complexity index is 1120. The number of fused-ring (bicyclic) bond motifs is 2. The maximum absolute atomic E-state index is 11.9. The molecule has 4 heteroatoms. The summed E-state index contributed by atoms with van der Waals surface area (Å²) >= 11 is 0. The zero-order valence-electron chi connectivity index (χ0n) is 14.2. The quantitative estimate of drug-likeness (QED) is 0.524. The Hall–Kier alpha value is -3.01. The van der Waals surface area contributed by atoms with E-state index < -0.39 is 0 Å². The highest BCUT2D eigenvalue weighted by atomic mass is 16.4. The van der Waals surface area contributed by atoms with E-state index in [1.54, 1.807) is 13.0 Å². The first-order valence-corrected chi connectivity index (χ1v) is 8.46. The largest absolute Gasteiger partial charge is 0.507 e. The third kappa shape index (κ3) is 2.50. The number of nitrogens with one attached hydrogen (secondary N) is 1. The zero-order chi connectivity index (χ0) is 17.6. The van der Waals surface area contributed by atoms with Crippen molar-refractivity contribution >= 4 is 21.9 Å². The number of aromatic amines is 1. The second-order valence-corrected chi connectivity index (χ2v) is 6.39. The van der Waals surface area contributed by atoms with Crippen molar-refractivity contribution in [3.8, 4) is 17.0 Å². The van der Waals surface area contributed by atoms with Crippen LogP contribution in [-0.4, -0.2) is 10.1 Å². The topological polar surface area (TPSA) is 66.2 Å².